The Morgan fingerprint density at radius 1 is 0.892 bits per heavy atom. The number of ether oxygens (including phenoxy) is 1. The smallest absolute Gasteiger partial charge is 0.264 e. The van der Waals surface area contributed by atoms with Gasteiger partial charge in [-0.05, 0) is 79.7 Å². The Balaban J connectivity index is 1.60. The van der Waals surface area contributed by atoms with Gasteiger partial charge in [0.25, 0.3) is 10.0 Å². The highest BCUT2D eigenvalue weighted by molar-refractivity contribution is 7.99. The summed E-state index contributed by atoms with van der Waals surface area (Å²) in [5.41, 5.74) is 0.719. The lowest BCUT2D eigenvalue weighted by atomic mass is 10.3. The Morgan fingerprint density at radius 2 is 1.54 bits per heavy atom. The summed E-state index contributed by atoms with van der Waals surface area (Å²) in [4.78, 5) is 14.9. The Bertz CT molecular complexity index is 1450. The van der Waals surface area contributed by atoms with Crippen LogP contribution in [0, 0.1) is 5.82 Å². The number of amides is 1. The van der Waals surface area contributed by atoms with Crippen LogP contribution in [-0.2, 0) is 14.8 Å². The van der Waals surface area contributed by atoms with Crippen LogP contribution in [0.4, 0.5) is 15.8 Å². The molecule has 0 radical (unpaired) electrons. The van der Waals surface area contributed by atoms with E-state index in [0.29, 0.717) is 18.0 Å². The van der Waals surface area contributed by atoms with Gasteiger partial charge >= 0.3 is 0 Å². The summed E-state index contributed by atoms with van der Waals surface area (Å²) >= 11 is 1.48. The van der Waals surface area contributed by atoms with Crippen LogP contribution in [0.1, 0.15) is 6.92 Å². The first-order chi connectivity index (χ1) is 17.9. The minimum absolute atomic E-state index is 0.0203. The fourth-order valence-electron chi connectivity index (χ4n) is 3.52. The van der Waals surface area contributed by atoms with Crippen LogP contribution in [0.15, 0.2) is 118 Å². The van der Waals surface area contributed by atoms with E-state index in [2.05, 4.69) is 5.32 Å². The lowest BCUT2D eigenvalue weighted by molar-refractivity contribution is -0.114. The van der Waals surface area contributed by atoms with Crippen LogP contribution < -0.4 is 14.4 Å². The predicted octanol–water partition coefficient (Wildman–Crippen LogP) is 6.21. The third-order valence-corrected chi connectivity index (χ3v) is 8.13. The molecule has 0 bridgehead atoms. The molecule has 190 valence electrons. The Kier molecular flexibility index (Phi) is 8.47. The van der Waals surface area contributed by atoms with E-state index >= 15 is 0 Å². The van der Waals surface area contributed by atoms with Crippen molar-refractivity contribution in [3.8, 4) is 5.75 Å². The van der Waals surface area contributed by atoms with Gasteiger partial charge in [-0.3, -0.25) is 9.10 Å². The van der Waals surface area contributed by atoms with E-state index in [1.54, 1.807) is 24.3 Å². The first kappa shape index (κ1) is 26.2. The maximum absolute atomic E-state index is 13.6. The molecule has 1 N–H and O–H groups in total. The molecule has 4 rings (SSSR count). The molecular weight excluding hydrogens is 511 g/mol. The molecule has 0 saturated carbocycles. The molecule has 0 saturated heterocycles. The summed E-state index contributed by atoms with van der Waals surface area (Å²) in [5, 5.41) is 2.83. The number of para-hydroxylation sites is 1. The molecule has 9 heteroatoms. The zero-order valence-corrected chi connectivity index (χ0v) is 21.6. The van der Waals surface area contributed by atoms with Crippen LogP contribution in [0.3, 0.4) is 0 Å². The predicted molar refractivity (Wildman–Crippen MR) is 144 cm³/mol. The van der Waals surface area contributed by atoms with Gasteiger partial charge in [-0.15, -0.1) is 0 Å². The molecule has 0 unspecified atom stereocenters. The molecule has 0 heterocycles. The van der Waals surface area contributed by atoms with Crippen LogP contribution in [0.2, 0.25) is 0 Å². The topological polar surface area (TPSA) is 75.7 Å². The molecule has 0 atom stereocenters. The maximum Gasteiger partial charge on any atom is 0.264 e. The standard InChI is InChI=1S/C28H25FN2O4S2/c1-2-35-23-16-18-25(19-17-23)37(33,34)31(22-14-12-21(29)13-15-22)20-28(32)30-26-10-6-7-11-27(26)36-24-8-4-3-5-9-24/h3-19H,2,20H2,1H3,(H,30,32). The van der Waals surface area contributed by atoms with Gasteiger partial charge < -0.3 is 10.1 Å². The lowest BCUT2D eigenvalue weighted by Crippen LogP contribution is -2.38. The summed E-state index contributed by atoms with van der Waals surface area (Å²) in [6, 6.07) is 27.9. The Hall–Kier alpha value is -3.82. The summed E-state index contributed by atoms with van der Waals surface area (Å²) in [7, 11) is -4.16. The number of nitrogens with zero attached hydrogens (tertiary/aromatic N) is 1. The van der Waals surface area contributed by atoms with E-state index in [9.17, 15) is 17.6 Å². The number of nitrogens with one attached hydrogen (secondary N) is 1. The van der Waals surface area contributed by atoms with Gasteiger partial charge in [0, 0.05) is 9.79 Å². The molecule has 0 spiro atoms. The van der Waals surface area contributed by atoms with Crippen molar-refractivity contribution < 1.29 is 22.3 Å². The molecule has 0 aliphatic rings. The number of hydrogen-bond donors (Lipinski definition) is 1. The number of halogens is 1. The van der Waals surface area contributed by atoms with Crippen LogP contribution in [0.25, 0.3) is 0 Å². The molecular formula is C28H25FN2O4S2. The summed E-state index contributed by atoms with van der Waals surface area (Å²) in [6.45, 7) is 1.76. The van der Waals surface area contributed by atoms with Crippen molar-refractivity contribution >= 4 is 39.1 Å². The number of carbonyl (C=O) groups excluding carboxylic acids is 1. The van der Waals surface area contributed by atoms with Crippen molar-refractivity contribution in [3.05, 3.63) is 109 Å². The average Bonchev–Trinajstić information content (AvgIpc) is 2.90. The number of sulfonamides is 1. The van der Waals surface area contributed by atoms with Gasteiger partial charge in [0.2, 0.25) is 5.91 Å². The fourth-order valence-corrected chi connectivity index (χ4v) is 5.86. The van der Waals surface area contributed by atoms with E-state index in [1.165, 1.54) is 36.0 Å². The second-order valence-corrected chi connectivity index (χ2v) is 10.8. The van der Waals surface area contributed by atoms with Gasteiger partial charge in [-0.2, -0.15) is 0 Å². The van der Waals surface area contributed by atoms with Crippen molar-refractivity contribution in [2.45, 2.75) is 21.6 Å². The summed E-state index contributed by atoms with van der Waals surface area (Å²) < 4.78 is 47.1. The largest absolute Gasteiger partial charge is 0.494 e. The molecule has 37 heavy (non-hydrogen) atoms. The van der Waals surface area contributed by atoms with Gasteiger partial charge in [0.1, 0.15) is 18.1 Å². The van der Waals surface area contributed by atoms with Crippen molar-refractivity contribution in [2.24, 2.45) is 0 Å². The number of carbonyl (C=O) groups is 1. The average molecular weight is 537 g/mol. The second-order valence-electron chi connectivity index (χ2n) is 7.85. The first-order valence-electron chi connectivity index (χ1n) is 11.5. The molecule has 0 aliphatic heterocycles. The SMILES string of the molecule is CCOc1ccc(S(=O)(=O)N(CC(=O)Nc2ccccc2Sc2ccccc2)c2ccc(F)cc2)cc1. The Labute approximate surface area is 220 Å². The van der Waals surface area contributed by atoms with Gasteiger partial charge in [-0.1, -0.05) is 42.1 Å². The van der Waals surface area contributed by atoms with Gasteiger partial charge in [0.05, 0.1) is 22.9 Å². The quantitative estimate of drug-likeness (QED) is 0.261. The molecule has 0 fully saturated rings. The highest BCUT2D eigenvalue weighted by atomic mass is 32.2. The summed E-state index contributed by atoms with van der Waals surface area (Å²) in [5.74, 6) is -0.529. The molecule has 4 aromatic carbocycles. The first-order valence-corrected chi connectivity index (χ1v) is 13.8. The number of hydrogen-bond acceptors (Lipinski definition) is 5. The Morgan fingerprint density at radius 3 is 2.22 bits per heavy atom. The van der Waals surface area contributed by atoms with Crippen molar-refractivity contribution in [1.82, 2.24) is 0 Å². The van der Waals surface area contributed by atoms with Crippen LogP contribution >= 0.6 is 11.8 Å². The monoisotopic (exact) mass is 536 g/mol. The minimum Gasteiger partial charge on any atom is -0.494 e. The van der Waals surface area contributed by atoms with E-state index in [0.717, 1.165) is 26.2 Å². The van der Waals surface area contributed by atoms with Crippen LogP contribution in [0.5, 0.6) is 5.75 Å². The van der Waals surface area contributed by atoms with E-state index in [1.807, 2.05) is 49.4 Å². The fraction of sp³-hybridized carbons (Fsp3) is 0.107. The minimum atomic E-state index is -4.16. The zero-order chi connectivity index (χ0) is 26.3. The number of anilines is 2. The lowest BCUT2D eigenvalue weighted by Gasteiger charge is -2.24. The van der Waals surface area contributed by atoms with E-state index in [4.69, 9.17) is 4.74 Å². The van der Waals surface area contributed by atoms with E-state index in [-0.39, 0.29) is 10.6 Å². The zero-order valence-electron chi connectivity index (χ0n) is 20.0. The van der Waals surface area contributed by atoms with Crippen molar-refractivity contribution in [2.75, 3.05) is 22.8 Å². The second kappa shape index (κ2) is 11.9. The maximum atomic E-state index is 13.6. The van der Waals surface area contributed by atoms with Crippen molar-refractivity contribution in [1.29, 1.82) is 0 Å². The normalized spacial score (nSPS) is 11.1. The highest BCUT2D eigenvalue weighted by Crippen LogP contribution is 2.33. The van der Waals surface area contributed by atoms with Gasteiger partial charge in [0.15, 0.2) is 0 Å². The molecule has 6 nitrogen and oxygen atoms in total. The third kappa shape index (κ3) is 6.69. The molecule has 0 aromatic heterocycles. The van der Waals surface area contributed by atoms with Gasteiger partial charge in [-0.25, -0.2) is 12.8 Å². The van der Waals surface area contributed by atoms with Crippen LogP contribution in [-0.4, -0.2) is 27.5 Å². The number of benzene rings is 4. The van der Waals surface area contributed by atoms with Crippen molar-refractivity contribution in [3.63, 3.8) is 0 Å². The highest BCUT2D eigenvalue weighted by Gasteiger charge is 2.27. The molecule has 1 amide bonds. The van der Waals surface area contributed by atoms with E-state index < -0.39 is 28.3 Å². The summed E-state index contributed by atoms with van der Waals surface area (Å²) in [6.07, 6.45) is 0. The molecule has 4 aromatic rings. The molecule has 0 aliphatic carbocycles. The number of rotatable bonds is 10. The third-order valence-electron chi connectivity index (χ3n) is 5.26.